The molecule has 0 aromatic rings. The summed E-state index contributed by atoms with van der Waals surface area (Å²) in [6.07, 6.45) is 0. The van der Waals surface area contributed by atoms with E-state index < -0.39 is 0 Å². The number of hydrogen-bond acceptors (Lipinski definition) is 3. The molecule has 7 heavy (non-hydrogen) atoms. The summed E-state index contributed by atoms with van der Waals surface area (Å²) in [6, 6.07) is 0. The minimum absolute atomic E-state index is 0.139. The molecule has 0 fully saturated rings. The number of nitrogens with zero attached hydrogens (tertiary/aromatic N) is 1. The first-order valence-electron chi connectivity index (χ1n) is 1.72. The molecule has 0 bridgehead atoms. The zero-order chi connectivity index (χ0) is 5.86. The van der Waals surface area contributed by atoms with Crippen LogP contribution in [-0.4, -0.2) is 11.6 Å². The van der Waals surface area contributed by atoms with Gasteiger partial charge in [-0.05, 0) is 0 Å². The second kappa shape index (κ2) is 2.17. The number of hydrazone groups is 1. The molecule has 0 rings (SSSR count). The van der Waals surface area contributed by atoms with Crippen LogP contribution in [0.5, 0.6) is 0 Å². The van der Waals surface area contributed by atoms with Crippen molar-refractivity contribution in [1.82, 2.24) is 0 Å². The quantitative estimate of drug-likeness (QED) is 0.188. The maximum Gasteiger partial charge on any atom is 0.196 e. The lowest BCUT2D eigenvalue weighted by atomic mass is 10.4. The van der Waals surface area contributed by atoms with E-state index in [-0.39, 0.29) is 11.6 Å². The van der Waals surface area contributed by atoms with Gasteiger partial charge in [-0.1, -0.05) is 0 Å². The topological polar surface area (TPSA) is 81.5 Å². The van der Waals surface area contributed by atoms with Crippen LogP contribution in [0.1, 0.15) is 6.92 Å². The van der Waals surface area contributed by atoms with Gasteiger partial charge in [0.25, 0.3) is 0 Å². The number of ketones is 1. The fraction of sp³-hybridized carbons (Fsp3) is 0.333. The van der Waals surface area contributed by atoms with Crippen LogP contribution < -0.4 is 11.6 Å². The third-order valence-electron chi connectivity index (χ3n) is 0.500. The number of rotatable bonds is 1. The van der Waals surface area contributed by atoms with Crippen molar-refractivity contribution in [2.45, 2.75) is 6.92 Å². The summed E-state index contributed by atoms with van der Waals surface area (Å²) >= 11 is 0. The lowest BCUT2D eigenvalue weighted by Crippen LogP contribution is -2.22. The molecule has 4 N–H and O–H groups in total. The van der Waals surface area contributed by atoms with Crippen LogP contribution in [0, 0.1) is 0 Å². The molecule has 0 unspecified atom stereocenters. The van der Waals surface area contributed by atoms with E-state index in [1.54, 1.807) is 0 Å². The van der Waals surface area contributed by atoms with E-state index in [0.717, 1.165) is 0 Å². The summed E-state index contributed by atoms with van der Waals surface area (Å²) in [7, 11) is 0. The molecule has 0 amide bonds. The van der Waals surface area contributed by atoms with Gasteiger partial charge in [-0.15, -0.1) is 0 Å². The third-order valence-corrected chi connectivity index (χ3v) is 0.500. The highest BCUT2D eigenvalue weighted by molar-refractivity contribution is 6.37. The number of hydrogen-bond donors (Lipinski definition) is 2. The number of amidine groups is 1. The van der Waals surface area contributed by atoms with Gasteiger partial charge in [-0.2, -0.15) is 5.10 Å². The highest BCUT2D eigenvalue weighted by atomic mass is 16.1. The maximum absolute atomic E-state index is 10.0. The molecule has 0 aromatic carbocycles. The fourth-order valence-electron chi connectivity index (χ4n) is 0.0909. The van der Waals surface area contributed by atoms with Crippen LogP contribution in [0.15, 0.2) is 5.10 Å². The minimum Gasteiger partial charge on any atom is -0.379 e. The Balaban J connectivity index is 3.82. The maximum atomic E-state index is 10.0. The van der Waals surface area contributed by atoms with Crippen molar-refractivity contribution in [2.75, 3.05) is 0 Å². The Kier molecular flexibility index (Phi) is 1.84. The van der Waals surface area contributed by atoms with E-state index in [9.17, 15) is 4.79 Å². The Morgan fingerprint density at radius 2 is 2.14 bits per heavy atom. The number of Topliss-reactive ketones (excluding diaryl/α,β-unsaturated/α-hetero) is 1. The van der Waals surface area contributed by atoms with E-state index >= 15 is 0 Å². The van der Waals surface area contributed by atoms with Crippen molar-refractivity contribution in [3.8, 4) is 0 Å². The standard InChI is InChI=1S/C3H7N3O/c1-2(7)3(4)6-5/h5H2,1H3,(H2,4,6). The molecule has 0 spiro atoms. The first-order chi connectivity index (χ1) is 3.18. The van der Waals surface area contributed by atoms with Crippen LogP contribution in [-0.2, 0) is 4.79 Å². The van der Waals surface area contributed by atoms with Gasteiger partial charge in [0.1, 0.15) is 0 Å². The Morgan fingerprint density at radius 3 is 2.14 bits per heavy atom. The van der Waals surface area contributed by atoms with E-state index in [0.29, 0.717) is 0 Å². The summed E-state index contributed by atoms with van der Waals surface area (Å²) in [6.45, 7) is 1.30. The van der Waals surface area contributed by atoms with Crippen molar-refractivity contribution < 1.29 is 4.79 Å². The lowest BCUT2D eigenvalue weighted by molar-refractivity contribution is -0.111. The van der Waals surface area contributed by atoms with Crippen molar-refractivity contribution in [3.63, 3.8) is 0 Å². The van der Waals surface area contributed by atoms with Gasteiger partial charge in [0, 0.05) is 6.92 Å². The monoisotopic (exact) mass is 101 g/mol. The molecular weight excluding hydrogens is 94.1 g/mol. The summed E-state index contributed by atoms with van der Waals surface area (Å²) in [5.74, 6) is 4.17. The molecule has 0 saturated heterocycles. The molecule has 0 aliphatic rings. The number of carbonyl (C=O) groups excluding carboxylic acids is 1. The molecule has 0 radical (unpaired) electrons. The highest BCUT2D eigenvalue weighted by Crippen LogP contribution is 1.63. The first-order valence-corrected chi connectivity index (χ1v) is 1.72. The molecule has 4 nitrogen and oxygen atoms in total. The predicted octanol–water partition coefficient (Wildman–Crippen LogP) is -1.19. The molecule has 4 heteroatoms. The molecule has 0 aromatic heterocycles. The Hall–Kier alpha value is -1.06. The normalized spacial score (nSPS) is 11.3. The van der Waals surface area contributed by atoms with Gasteiger partial charge in [-0.3, -0.25) is 4.79 Å². The van der Waals surface area contributed by atoms with Crippen molar-refractivity contribution in [1.29, 1.82) is 0 Å². The van der Waals surface area contributed by atoms with Crippen LogP contribution in [0.4, 0.5) is 0 Å². The lowest BCUT2D eigenvalue weighted by Gasteiger charge is -1.84. The van der Waals surface area contributed by atoms with Gasteiger partial charge in [-0.25, -0.2) is 0 Å². The summed E-state index contributed by atoms with van der Waals surface area (Å²) in [5.41, 5.74) is 4.89. The average Bonchev–Trinajstić information content (AvgIpc) is 1.65. The minimum atomic E-state index is -0.303. The van der Waals surface area contributed by atoms with Gasteiger partial charge in [0.05, 0.1) is 0 Å². The van der Waals surface area contributed by atoms with Crippen LogP contribution in [0.2, 0.25) is 0 Å². The van der Waals surface area contributed by atoms with Crippen LogP contribution in [0.3, 0.4) is 0 Å². The summed E-state index contributed by atoms with van der Waals surface area (Å²) in [4.78, 5) is 10.0. The molecule has 0 aliphatic heterocycles. The molecular formula is C3H7N3O. The zero-order valence-electron chi connectivity index (χ0n) is 4.01. The predicted molar refractivity (Wildman–Crippen MR) is 26.5 cm³/mol. The van der Waals surface area contributed by atoms with Gasteiger partial charge in [0.2, 0.25) is 0 Å². The van der Waals surface area contributed by atoms with Crippen molar-refractivity contribution in [2.24, 2.45) is 16.7 Å². The highest BCUT2D eigenvalue weighted by Gasteiger charge is 1.93. The smallest absolute Gasteiger partial charge is 0.196 e. The third kappa shape index (κ3) is 1.75. The summed E-state index contributed by atoms with van der Waals surface area (Å²) in [5, 5.41) is 2.93. The number of carbonyl (C=O) groups is 1. The SMILES string of the molecule is CC(=O)/C(N)=N/N. The van der Waals surface area contributed by atoms with E-state index in [1.807, 2.05) is 0 Å². The Bertz CT molecular complexity index is 107. The largest absolute Gasteiger partial charge is 0.379 e. The van der Waals surface area contributed by atoms with Crippen LogP contribution >= 0.6 is 0 Å². The molecule has 0 aliphatic carbocycles. The molecule has 0 heterocycles. The van der Waals surface area contributed by atoms with E-state index in [1.165, 1.54) is 6.92 Å². The first kappa shape index (κ1) is 5.94. The van der Waals surface area contributed by atoms with E-state index in [2.05, 4.69) is 10.9 Å². The molecule has 40 valence electrons. The average molecular weight is 101 g/mol. The van der Waals surface area contributed by atoms with Crippen LogP contribution in [0.25, 0.3) is 0 Å². The fourth-order valence-corrected chi connectivity index (χ4v) is 0.0909. The second-order valence-electron chi connectivity index (χ2n) is 1.07. The van der Waals surface area contributed by atoms with Gasteiger partial charge in [0.15, 0.2) is 11.6 Å². The van der Waals surface area contributed by atoms with E-state index in [4.69, 9.17) is 5.73 Å². The molecule has 0 saturated carbocycles. The summed E-state index contributed by atoms with van der Waals surface area (Å²) < 4.78 is 0. The van der Waals surface area contributed by atoms with Gasteiger partial charge < -0.3 is 11.6 Å². The Labute approximate surface area is 41.2 Å². The second-order valence-corrected chi connectivity index (χ2v) is 1.07. The molecule has 0 atom stereocenters. The van der Waals surface area contributed by atoms with Crippen molar-refractivity contribution in [3.05, 3.63) is 0 Å². The number of nitrogens with two attached hydrogens (primary N) is 2. The Morgan fingerprint density at radius 1 is 1.71 bits per heavy atom. The zero-order valence-corrected chi connectivity index (χ0v) is 4.01. The van der Waals surface area contributed by atoms with Crippen molar-refractivity contribution >= 4 is 11.6 Å². The van der Waals surface area contributed by atoms with Gasteiger partial charge >= 0.3 is 0 Å².